The highest BCUT2D eigenvalue weighted by molar-refractivity contribution is 5.89. The number of rotatable bonds is 7. The molecule has 2 aromatic heterocycles. The van der Waals surface area contributed by atoms with E-state index >= 15 is 0 Å². The van der Waals surface area contributed by atoms with E-state index in [0.717, 1.165) is 4.57 Å². The van der Waals surface area contributed by atoms with Crippen molar-refractivity contribution in [3.63, 3.8) is 0 Å². The van der Waals surface area contributed by atoms with Crippen LogP contribution < -0.4 is 16.0 Å². The number of carbonyl (C=O) groups is 1. The van der Waals surface area contributed by atoms with Crippen LogP contribution in [-0.4, -0.2) is 49.1 Å². The Morgan fingerprint density at radius 3 is 2.52 bits per heavy atom. The monoisotopic (exact) mass is 402 g/mol. The van der Waals surface area contributed by atoms with E-state index in [1.807, 2.05) is 0 Å². The van der Waals surface area contributed by atoms with Crippen LogP contribution in [0.4, 0.5) is 0 Å². The lowest BCUT2D eigenvalue weighted by molar-refractivity contribution is 0.0526. The zero-order valence-electron chi connectivity index (χ0n) is 16.4. The van der Waals surface area contributed by atoms with Gasteiger partial charge in [0.05, 0.1) is 25.0 Å². The van der Waals surface area contributed by atoms with Crippen LogP contribution in [0, 0.1) is 0 Å². The smallest absolute Gasteiger partial charge is 0.338 e. The Labute approximate surface area is 165 Å². The summed E-state index contributed by atoms with van der Waals surface area (Å²) in [4.78, 5) is 40.1. The molecule has 0 fully saturated rings. The summed E-state index contributed by atoms with van der Waals surface area (Å²) in [5.74, 6) is 0.0629. The first-order valence-electron chi connectivity index (χ1n) is 9.02. The number of imidazole rings is 1. The number of aryl methyl sites for hydroxylation is 1. The highest BCUT2D eigenvalue weighted by Gasteiger charge is 2.16. The van der Waals surface area contributed by atoms with Gasteiger partial charge < -0.3 is 19.1 Å². The van der Waals surface area contributed by atoms with Crippen LogP contribution in [0.25, 0.3) is 11.2 Å². The largest absolute Gasteiger partial charge is 0.491 e. The first-order valence-corrected chi connectivity index (χ1v) is 9.02. The SMILES string of the molecule is CCOC(=O)c1ccc(OCC(O)Cn2cnc3c2c(=O)n(C)c(=O)n3C)cc1. The van der Waals surface area contributed by atoms with Gasteiger partial charge in [-0.1, -0.05) is 0 Å². The van der Waals surface area contributed by atoms with Crippen molar-refractivity contribution in [1.29, 1.82) is 0 Å². The Balaban J connectivity index is 1.69. The minimum atomic E-state index is -0.931. The molecule has 0 amide bonds. The van der Waals surface area contributed by atoms with E-state index in [1.165, 1.54) is 29.6 Å². The van der Waals surface area contributed by atoms with Crippen molar-refractivity contribution < 1.29 is 19.4 Å². The van der Waals surface area contributed by atoms with Crippen molar-refractivity contribution in [3.05, 3.63) is 57.0 Å². The Hall–Kier alpha value is -3.40. The van der Waals surface area contributed by atoms with E-state index in [1.54, 1.807) is 31.2 Å². The third-order valence-corrected chi connectivity index (χ3v) is 4.43. The number of hydrogen-bond donors (Lipinski definition) is 1. The highest BCUT2D eigenvalue weighted by atomic mass is 16.5. The third kappa shape index (κ3) is 4.06. The normalized spacial score (nSPS) is 12.1. The van der Waals surface area contributed by atoms with Crippen molar-refractivity contribution in [2.75, 3.05) is 13.2 Å². The molecule has 0 saturated carbocycles. The van der Waals surface area contributed by atoms with Crippen molar-refractivity contribution in [1.82, 2.24) is 18.7 Å². The maximum atomic E-state index is 12.4. The molecule has 1 N–H and O–H groups in total. The molecule has 0 spiro atoms. The minimum absolute atomic E-state index is 0.0372. The second-order valence-corrected chi connectivity index (χ2v) is 6.48. The Morgan fingerprint density at radius 1 is 1.17 bits per heavy atom. The summed E-state index contributed by atoms with van der Waals surface area (Å²) in [6.07, 6.45) is 0.474. The molecule has 0 aliphatic rings. The molecule has 0 bridgehead atoms. The summed E-state index contributed by atoms with van der Waals surface area (Å²) < 4.78 is 14.2. The van der Waals surface area contributed by atoms with E-state index in [4.69, 9.17) is 9.47 Å². The maximum absolute atomic E-state index is 12.4. The lowest BCUT2D eigenvalue weighted by Crippen LogP contribution is -2.38. The van der Waals surface area contributed by atoms with E-state index < -0.39 is 23.3 Å². The minimum Gasteiger partial charge on any atom is -0.491 e. The first kappa shape index (κ1) is 20.3. The molecular weight excluding hydrogens is 380 g/mol. The van der Waals surface area contributed by atoms with Crippen LogP contribution in [0.5, 0.6) is 5.75 Å². The molecule has 0 radical (unpaired) electrons. The Bertz CT molecular complexity index is 1140. The van der Waals surface area contributed by atoms with Crippen LogP contribution in [0.1, 0.15) is 17.3 Å². The van der Waals surface area contributed by atoms with Gasteiger partial charge in [-0.3, -0.25) is 13.9 Å². The topological polar surface area (TPSA) is 118 Å². The van der Waals surface area contributed by atoms with Crippen LogP contribution in [0.3, 0.4) is 0 Å². The first-order chi connectivity index (χ1) is 13.8. The molecule has 10 heteroatoms. The number of aliphatic hydroxyl groups is 1. The molecule has 3 rings (SSSR count). The molecule has 0 saturated heterocycles. The number of hydrogen-bond acceptors (Lipinski definition) is 7. The number of benzene rings is 1. The molecule has 1 atom stereocenters. The van der Waals surface area contributed by atoms with Gasteiger partial charge in [-0.15, -0.1) is 0 Å². The molecule has 29 heavy (non-hydrogen) atoms. The van der Waals surface area contributed by atoms with E-state index in [-0.39, 0.29) is 24.3 Å². The fourth-order valence-electron chi connectivity index (χ4n) is 2.91. The lowest BCUT2D eigenvalue weighted by Gasteiger charge is -2.14. The molecule has 10 nitrogen and oxygen atoms in total. The van der Waals surface area contributed by atoms with Gasteiger partial charge in [-0.25, -0.2) is 14.6 Å². The number of nitrogens with zero attached hydrogens (tertiary/aromatic N) is 4. The zero-order chi connectivity index (χ0) is 21.1. The van der Waals surface area contributed by atoms with Crippen molar-refractivity contribution >= 4 is 17.1 Å². The van der Waals surface area contributed by atoms with Crippen LogP contribution in [0.2, 0.25) is 0 Å². The molecule has 0 aliphatic carbocycles. The standard InChI is InChI=1S/C19H22N4O6/c1-4-28-18(26)12-5-7-14(8-6-12)29-10-13(24)9-23-11-20-16-15(23)17(25)22(3)19(27)21(16)2/h5-8,11,13,24H,4,9-10H2,1-3H3. The number of fused-ring (bicyclic) bond motifs is 1. The maximum Gasteiger partial charge on any atom is 0.338 e. The molecular formula is C19H22N4O6. The Kier molecular flexibility index (Phi) is 5.83. The quantitative estimate of drug-likeness (QED) is 0.555. The van der Waals surface area contributed by atoms with E-state index in [2.05, 4.69) is 4.98 Å². The molecule has 3 aromatic rings. The molecule has 2 heterocycles. The van der Waals surface area contributed by atoms with Gasteiger partial charge in [0, 0.05) is 14.1 Å². The fourth-order valence-corrected chi connectivity index (χ4v) is 2.91. The molecule has 1 unspecified atom stereocenters. The van der Waals surface area contributed by atoms with Crippen LogP contribution >= 0.6 is 0 Å². The average Bonchev–Trinajstić information content (AvgIpc) is 3.13. The van der Waals surface area contributed by atoms with Gasteiger partial charge in [-0.05, 0) is 31.2 Å². The summed E-state index contributed by atoms with van der Waals surface area (Å²) in [6.45, 7) is 2.05. The van der Waals surface area contributed by atoms with Gasteiger partial charge in [0.25, 0.3) is 5.56 Å². The fraction of sp³-hybridized carbons (Fsp3) is 0.368. The summed E-state index contributed by atoms with van der Waals surface area (Å²) in [5.41, 5.74) is -0.0644. The van der Waals surface area contributed by atoms with Crippen molar-refractivity contribution in [2.45, 2.75) is 19.6 Å². The van der Waals surface area contributed by atoms with Crippen LogP contribution in [-0.2, 0) is 25.4 Å². The van der Waals surface area contributed by atoms with E-state index in [0.29, 0.717) is 17.9 Å². The highest BCUT2D eigenvalue weighted by Crippen LogP contribution is 2.14. The van der Waals surface area contributed by atoms with Gasteiger partial charge in [0.1, 0.15) is 18.5 Å². The van der Waals surface area contributed by atoms with Gasteiger partial charge in [0.15, 0.2) is 11.2 Å². The lowest BCUT2D eigenvalue weighted by atomic mass is 10.2. The van der Waals surface area contributed by atoms with Gasteiger partial charge >= 0.3 is 11.7 Å². The Morgan fingerprint density at radius 2 is 1.86 bits per heavy atom. The number of aliphatic hydroxyl groups excluding tert-OH is 1. The zero-order valence-corrected chi connectivity index (χ0v) is 16.4. The summed E-state index contributed by atoms with van der Waals surface area (Å²) in [6, 6.07) is 6.37. The summed E-state index contributed by atoms with van der Waals surface area (Å²) in [7, 11) is 2.92. The van der Waals surface area contributed by atoms with Crippen molar-refractivity contribution in [2.24, 2.45) is 14.1 Å². The molecule has 1 aromatic carbocycles. The second-order valence-electron chi connectivity index (χ2n) is 6.48. The van der Waals surface area contributed by atoms with Crippen LogP contribution in [0.15, 0.2) is 40.2 Å². The third-order valence-electron chi connectivity index (χ3n) is 4.43. The van der Waals surface area contributed by atoms with E-state index in [9.17, 15) is 19.5 Å². The molecule has 154 valence electrons. The number of carbonyl (C=O) groups excluding carboxylic acids is 1. The number of esters is 1. The molecule has 0 aliphatic heterocycles. The number of ether oxygens (including phenoxy) is 2. The second kappa shape index (κ2) is 8.31. The van der Waals surface area contributed by atoms with Crippen molar-refractivity contribution in [3.8, 4) is 5.75 Å². The summed E-state index contributed by atoms with van der Waals surface area (Å²) >= 11 is 0. The summed E-state index contributed by atoms with van der Waals surface area (Å²) in [5, 5.41) is 10.3. The predicted octanol–water partition coefficient (Wildman–Crippen LogP) is 0.0503. The predicted molar refractivity (Wildman–Crippen MR) is 104 cm³/mol. The van der Waals surface area contributed by atoms with Gasteiger partial charge in [-0.2, -0.15) is 0 Å². The van der Waals surface area contributed by atoms with Gasteiger partial charge in [0.2, 0.25) is 0 Å². The number of aromatic nitrogens is 4. The average molecular weight is 402 g/mol.